The third-order valence-corrected chi connectivity index (χ3v) is 4.01. The minimum Gasteiger partial charge on any atom is -0.489 e. The third kappa shape index (κ3) is 3.68. The van der Waals surface area contributed by atoms with Gasteiger partial charge >= 0.3 is 0 Å². The number of hydrogen-bond donors (Lipinski definition) is 2. The summed E-state index contributed by atoms with van der Waals surface area (Å²) in [6.07, 6.45) is 0.951. The van der Waals surface area contributed by atoms with Gasteiger partial charge < -0.3 is 20.1 Å². The SMILES string of the molecule is COCCOc1cc(C)ccc1NC(=O)c1ccc2c(c1)CCN2. The van der Waals surface area contributed by atoms with E-state index >= 15 is 0 Å². The topological polar surface area (TPSA) is 59.6 Å². The fourth-order valence-corrected chi connectivity index (χ4v) is 2.73. The third-order valence-electron chi connectivity index (χ3n) is 4.01. The molecule has 0 spiro atoms. The van der Waals surface area contributed by atoms with Crippen LogP contribution in [0.25, 0.3) is 0 Å². The highest BCUT2D eigenvalue weighted by atomic mass is 16.5. The Kier molecular flexibility index (Phi) is 5.01. The van der Waals surface area contributed by atoms with Gasteiger partial charge in [-0.05, 0) is 54.8 Å². The van der Waals surface area contributed by atoms with Crippen molar-refractivity contribution in [3.63, 3.8) is 0 Å². The van der Waals surface area contributed by atoms with Crippen molar-refractivity contribution in [2.45, 2.75) is 13.3 Å². The van der Waals surface area contributed by atoms with Crippen molar-refractivity contribution in [3.8, 4) is 5.75 Å². The van der Waals surface area contributed by atoms with Gasteiger partial charge in [-0.1, -0.05) is 6.07 Å². The van der Waals surface area contributed by atoms with Crippen LogP contribution in [0.15, 0.2) is 36.4 Å². The van der Waals surface area contributed by atoms with Gasteiger partial charge in [-0.2, -0.15) is 0 Å². The van der Waals surface area contributed by atoms with E-state index in [4.69, 9.17) is 9.47 Å². The Balaban J connectivity index is 1.76. The number of anilines is 2. The molecule has 5 nitrogen and oxygen atoms in total. The van der Waals surface area contributed by atoms with Crippen molar-refractivity contribution >= 4 is 17.3 Å². The van der Waals surface area contributed by atoms with E-state index in [0.29, 0.717) is 30.2 Å². The number of hydrogen-bond acceptors (Lipinski definition) is 4. The summed E-state index contributed by atoms with van der Waals surface area (Å²) in [5.74, 6) is 0.522. The molecule has 2 N–H and O–H groups in total. The predicted molar refractivity (Wildman–Crippen MR) is 95.1 cm³/mol. The fourth-order valence-electron chi connectivity index (χ4n) is 2.73. The van der Waals surface area contributed by atoms with Crippen LogP contribution in [0.3, 0.4) is 0 Å². The van der Waals surface area contributed by atoms with Crippen LogP contribution in [-0.4, -0.2) is 32.8 Å². The van der Waals surface area contributed by atoms with Crippen molar-refractivity contribution < 1.29 is 14.3 Å². The predicted octanol–water partition coefficient (Wildman–Crippen LogP) is 3.24. The van der Waals surface area contributed by atoms with Crippen molar-refractivity contribution in [2.75, 3.05) is 37.5 Å². The summed E-state index contributed by atoms with van der Waals surface area (Å²) < 4.78 is 10.7. The molecule has 0 aromatic heterocycles. The van der Waals surface area contributed by atoms with Gasteiger partial charge in [0.15, 0.2) is 0 Å². The summed E-state index contributed by atoms with van der Waals surface area (Å²) in [5.41, 5.74) is 4.69. The number of rotatable bonds is 6. The van der Waals surface area contributed by atoms with Crippen LogP contribution >= 0.6 is 0 Å². The average molecular weight is 326 g/mol. The molecule has 0 saturated heterocycles. The van der Waals surface area contributed by atoms with Crippen molar-refractivity contribution in [2.24, 2.45) is 0 Å². The maximum atomic E-state index is 12.6. The van der Waals surface area contributed by atoms with Gasteiger partial charge in [-0.25, -0.2) is 0 Å². The molecule has 0 bridgehead atoms. The van der Waals surface area contributed by atoms with E-state index in [9.17, 15) is 4.79 Å². The molecule has 2 aromatic rings. The monoisotopic (exact) mass is 326 g/mol. The largest absolute Gasteiger partial charge is 0.489 e. The van der Waals surface area contributed by atoms with Gasteiger partial charge in [0.2, 0.25) is 0 Å². The second-order valence-corrected chi connectivity index (χ2v) is 5.84. The second-order valence-electron chi connectivity index (χ2n) is 5.84. The molecule has 0 aliphatic carbocycles. The first-order valence-corrected chi connectivity index (χ1v) is 8.08. The zero-order valence-corrected chi connectivity index (χ0v) is 14.0. The molecule has 126 valence electrons. The van der Waals surface area contributed by atoms with E-state index in [1.807, 2.05) is 43.3 Å². The van der Waals surface area contributed by atoms with Gasteiger partial charge in [0.05, 0.1) is 12.3 Å². The molecule has 1 aliphatic rings. The highest BCUT2D eigenvalue weighted by molar-refractivity contribution is 6.05. The van der Waals surface area contributed by atoms with Crippen LogP contribution in [0.5, 0.6) is 5.75 Å². The molecular formula is C19H22N2O3. The molecule has 0 fully saturated rings. The number of fused-ring (bicyclic) bond motifs is 1. The number of ether oxygens (including phenoxy) is 2. The standard InChI is InChI=1S/C19H22N2O3/c1-13-3-5-17(18(11-13)24-10-9-23-2)21-19(22)15-4-6-16-14(12-15)7-8-20-16/h3-6,11-12,20H,7-10H2,1-2H3,(H,21,22). The lowest BCUT2D eigenvalue weighted by molar-refractivity contribution is 0.102. The smallest absolute Gasteiger partial charge is 0.255 e. The molecule has 2 aromatic carbocycles. The second kappa shape index (κ2) is 7.36. The molecule has 1 heterocycles. The number of methoxy groups -OCH3 is 1. The first-order valence-electron chi connectivity index (χ1n) is 8.08. The highest BCUT2D eigenvalue weighted by Crippen LogP contribution is 2.27. The van der Waals surface area contributed by atoms with Crippen LogP contribution in [0.2, 0.25) is 0 Å². The van der Waals surface area contributed by atoms with E-state index in [1.54, 1.807) is 7.11 Å². The summed E-state index contributed by atoms with van der Waals surface area (Å²) in [5, 5.41) is 6.24. The minimum atomic E-state index is -0.134. The Hall–Kier alpha value is -2.53. The molecule has 5 heteroatoms. The Morgan fingerprint density at radius 3 is 2.92 bits per heavy atom. The summed E-state index contributed by atoms with van der Waals surface area (Å²) in [4.78, 5) is 12.6. The lowest BCUT2D eigenvalue weighted by Gasteiger charge is -2.13. The Labute approximate surface area is 142 Å². The zero-order chi connectivity index (χ0) is 16.9. The zero-order valence-electron chi connectivity index (χ0n) is 14.0. The Morgan fingerprint density at radius 2 is 2.08 bits per heavy atom. The van der Waals surface area contributed by atoms with E-state index in [1.165, 1.54) is 5.56 Å². The number of amides is 1. The van der Waals surface area contributed by atoms with E-state index < -0.39 is 0 Å². The van der Waals surface area contributed by atoms with Crippen molar-refractivity contribution in [1.29, 1.82) is 0 Å². The quantitative estimate of drug-likeness (QED) is 0.800. The number of benzene rings is 2. The first kappa shape index (κ1) is 16.3. The molecule has 0 unspecified atom stereocenters. The van der Waals surface area contributed by atoms with E-state index in [2.05, 4.69) is 10.6 Å². The summed E-state index contributed by atoms with van der Waals surface area (Å²) in [7, 11) is 1.63. The maximum absolute atomic E-state index is 12.6. The van der Waals surface area contributed by atoms with Gasteiger partial charge in [-0.15, -0.1) is 0 Å². The summed E-state index contributed by atoms with van der Waals surface area (Å²) in [6, 6.07) is 11.5. The normalized spacial score (nSPS) is 12.4. The number of carbonyl (C=O) groups is 1. The maximum Gasteiger partial charge on any atom is 0.255 e. The number of nitrogens with one attached hydrogen (secondary N) is 2. The van der Waals surface area contributed by atoms with Gasteiger partial charge in [0, 0.05) is 24.9 Å². The summed E-state index contributed by atoms with van der Waals surface area (Å²) in [6.45, 7) is 3.85. The molecule has 24 heavy (non-hydrogen) atoms. The number of aryl methyl sites for hydroxylation is 1. The molecule has 0 saturated carbocycles. The van der Waals surface area contributed by atoms with Gasteiger partial charge in [0.25, 0.3) is 5.91 Å². The molecule has 3 rings (SSSR count). The van der Waals surface area contributed by atoms with Crippen LogP contribution in [0, 0.1) is 6.92 Å². The molecule has 0 radical (unpaired) electrons. The van der Waals surface area contributed by atoms with Crippen molar-refractivity contribution in [1.82, 2.24) is 0 Å². The highest BCUT2D eigenvalue weighted by Gasteiger charge is 2.15. The van der Waals surface area contributed by atoms with Crippen LogP contribution in [-0.2, 0) is 11.2 Å². The Bertz CT molecular complexity index is 743. The van der Waals surface area contributed by atoms with E-state index in [-0.39, 0.29) is 5.91 Å². The fraction of sp³-hybridized carbons (Fsp3) is 0.316. The lowest BCUT2D eigenvalue weighted by Crippen LogP contribution is -2.14. The van der Waals surface area contributed by atoms with Crippen molar-refractivity contribution in [3.05, 3.63) is 53.1 Å². The molecule has 1 aliphatic heterocycles. The molecular weight excluding hydrogens is 304 g/mol. The van der Waals surface area contributed by atoms with Gasteiger partial charge in [0.1, 0.15) is 12.4 Å². The lowest BCUT2D eigenvalue weighted by atomic mass is 10.1. The van der Waals surface area contributed by atoms with E-state index in [0.717, 1.165) is 24.2 Å². The van der Waals surface area contributed by atoms with Crippen LogP contribution in [0.4, 0.5) is 11.4 Å². The molecule has 1 amide bonds. The Morgan fingerprint density at radius 1 is 1.21 bits per heavy atom. The number of carbonyl (C=O) groups excluding carboxylic acids is 1. The molecule has 0 atom stereocenters. The van der Waals surface area contributed by atoms with Crippen LogP contribution < -0.4 is 15.4 Å². The summed E-state index contributed by atoms with van der Waals surface area (Å²) >= 11 is 0. The average Bonchev–Trinajstić information content (AvgIpc) is 3.05. The minimum absolute atomic E-state index is 0.134. The van der Waals surface area contributed by atoms with Gasteiger partial charge in [-0.3, -0.25) is 4.79 Å². The van der Waals surface area contributed by atoms with Crippen LogP contribution in [0.1, 0.15) is 21.5 Å². The first-order chi connectivity index (χ1) is 11.7.